The lowest BCUT2D eigenvalue weighted by atomic mass is 9.87. The van der Waals surface area contributed by atoms with Crippen LogP contribution in [0.2, 0.25) is 10.0 Å². The quantitative estimate of drug-likeness (QED) is 0.0963. The highest BCUT2D eigenvalue weighted by Crippen LogP contribution is 2.45. The van der Waals surface area contributed by atoms with E-state index in [0.29, 0.717) is 34.6 Å². The third-order valence-electron chi connectivity index (χ3n) is 11.8. The molecule has 2 aliphatic heterocycles. The van der Waals surface area contributed by atoms with Gasteiger partial charge in [-0.2, -0.15) is 26.3 Å². The van der Waals surface area contributed by atoms with E-state index in [2.05, 4.69) is 9.97 Å². The number of nitrogens with zero attached hydrogens (tertiary/aromatic N) is 6. The van der Waals surface area contributed by atoms with Gasteiger partial charge in [-0.15, -0.1) is 0 Å². The molecule has 0 aliphatic carbocycles. The monoisotopic (exact) mass is 1020 g/mol. The van der Waals surface area contributed by atoms with Crippen molar-refractivity contribution in [2.45, 2.75) is 22.1 Å². The Morgan fingerprint density at radius 1 is 0.515 bits per heavy atom. The Morgan fingerprint density at radius 3 is 1.13 bits per heavy atom. The van der Waals surface area contributed by atoms with Crippen molar-refractivity contribution in [3.63, 3.8) is 0 Å². The molecule has 0 N–H and O–H groups in total. The van der Waals surface area contributed by atoms with Crippen LogP contribution in [0.15, 0.2) is 119 Å². The Hall–Kier alpha value is -5.89. The van der Waals surface area contributed by atoms with Crippen LogP contribution in [-0.2, 0) is 32.0 Å². The van der Waals surface area contributed by atoms with Gasteiger partial charge >= 0.3 is 12.4 Å². The van der Waals surface area contributed by atoms with E-state index < -0.39 is 48.9 Å². The fourth-order valence-corrected chi connectivity index (χ4v) is 11.0. The number of carbonyl (C=O) groups excluding carboxylic acids is 1. The van der Waals surface area contributed by atoms with Crippen molar-refractivity contribution in [2.75, 3.05) is 84.5 Å². The Balaban J connectivity index is 1.30. The Morgan fingerprint density at radius 2 is 0.838 bits per heavy atom. The summed E-state index contributed by atoms with van der Waals surface area (Å²) >= 11 is 12.7. The molecule has 0 bridgehead atoms. The van der Waals surface area contributed by atoms with Crippen LogP contribution < -0.4 is 19.6 Å². The summed E-state index contributed by atoms with van der Waals surface area (Å²) in [5, 5.41) is -0.475. The highest BCUT2D eigenvalue weighted by atomic mass is 35.5. The number of benzene rings is 4. The number of aromatic nitrogens is 2. The van der Waals surface area contributed by atoms with Crippen molar-refractivity contribution in [3.8, 4) is 22.3 Å². The maximum atomic E-state index is 16.3. The number of hydrogen-bond donors (Lipinski definition) is 0. The highest BCUT2D eigenvalue weighted by molar-refractivity contribution is 7.91. The average molecular weight is 1020 g/mol. The normalized spacial score (nSPS) is 15.2. The molecule has 4 aromatic carbocycles. The molecule has 2 saturated heterocycles. The van der Waals surface area contributed by atoms with E-state index in [9.17, 15) is 43.2 Å². The fourth-order valence-electron chi connectivity index (χ4n) is 8.59. The zero-order chi connectivity index (χ0) is 48.9. The average Bonchev–Trinajstić information content (AvgIpc) is 3.30. The largest absolute Gasteiger partial charge is 0.417 e. The molecule has 11 nitrogen and oxygen atoms in total. The molecule has 6 aromatic rings. The molecule has 356 valence electrons. The van der Waals surface area contributed by atoms with Crippen LogP contribution in [0.4, 0.5) is 49.4 Å². The number of piperazine rings is 2. The van der Waals surface area contributed by atoms with Gasteiger partial charge in [-0.25, -0.2) is 26.8 Å². The number of pyridine rings is 2. The lowest BCUT2D eigenvalue weighted by Gasteiger charge is -2.40. The number of rotatable bonds is 10. The van der Waals surface area contributed by atoms with E-state index in [0.717, 1.165) is 24.6 Å². The number of sulfone groups is 2. The van der Waals surface area contributed by atoms with Crippen LogP contribution in [-0.4, -0.2) is 97.5 Å². The van der Waals surface area contributed by atoms with Crippen molar-refractivity contribution in [1.29, 1.82) is 0 Å². The summed E-state index contributed by atoms with van der Waals surface area (Å²) in [5.41, 5.74) is -0.365. The van der Waals surface area contributed by atoms with Crippen LogP contribution in [0, 0.1) is 0 Å². The van der Waals surface area contributed by atoms with Gasteiger partial charge in [0.05, 0.1) is 53.5 Å². The Labute approximate surface area is 398 Å². The first kappa shape index (κ1) is 48.6. The van der Waals surface area contributed by atoms with E-state index in [-0.39, 0.29) is 106 Å². The molecule has 21 heteroatoms. The van der Waals surface area contributed by atoms with Crippen LogP contribution in [0.25, 0.3) is 22.3 Å². The number of carbonyl (C=O) groups is 1. The standard InChI is InChI=1S/C47H40Cl2F6N6O5S2/c1-67(63,64)37-15-13-33(29-9-5-3-6-10-29)39(41(37)58-17-21-60(22-18-58)44-35(48)25-31(27-56-44)46(50,51)52)43(62)40-34(30-11-7-4-8-12-30)14-16-38(68(2,65)66)42(40)59-19-23-61(24-20-59)45-36(49)26-32(28-57-45)47(53,54)55/h3-16,25-28H,17-24H2,1-2H3. The maximum Gasteiger partial charge on any atom is 0.417 e. The van der Waals surface area contributed by atoms with Crippen LogP contribution in [0.3, 0.4) is 0 Å². The summed E-state index contributed by atoms with van der Waals surface area (Å²) < 4.78 is 137. The lowest BCUT2D eigenvalue weighted by Crippen LogP contribution is -2.48. The molecular formula is C47H40Cl2F6N6O5S2. The van der Waals surface area contributed by atoms with Gasteiger partial charge in [-0.3, -0.25) is 4.79 Å². The number of ketones is 1. The number of anilines is 4. The predicted molar refractivity (Wildman–Crippen MR) is 251 cm³/mol. The van der Waals surface area contributed by atoms with Gasteiger partial charge in [0.15, 0.2) is 25.5 Å². The molecule has 0 radical (unpaired) electrons. The molecule has 8 rings (SSSR count). The molecule has 0 atom stereocenters. The van der Waals surface area contributed by atoms with Crippen molar-refractivity contribution in [3.05, 3.63) is 142 Å². The third-order valence-corrected chi connectivity index (χ3v) is 14.6. The minimum Gasteiger partial charge on any atom is -0.366 e. The van der Waals surface area contributed by atoms with Crippen molar-refractivity contribution >= 4 is 71.7 Å². The van der Waals surface area contributed by atoms with E-state index in [4.69, 9.17) is 23.2 Å². The minimum absolute atomic E-state index is 0.0348. The van der Waals surface area contributed by atoms with Gasteiger partial charge in [-0.1, -0.05) is 96.0 Å². The van der Waals surface area contributed by atoms with E-state index >= 15 is 4.79 Å². The summed E-state index contributed by atoms with van der Waals surface area (Å²) in [6, 6.07) is 25.0. The molecule has 4 heterocycles. The number of halogens is 8. The molecule has 0 unspecified atom stereocenters. The lowest BCUT2D eigenvalue weighted by molar-refractivity contribution is -0.138. The van der Waals surface area contributed by atoms with Crippen LogP contribution in [0.5, 0.6) is 0 Å². The fraction of sp³-hybridized carbons (Fsp3) is 0.255. The SMILES string of the molecule is CS(=O)(=O)c1ccc(-c2ccccc2)c(C(=O)c2c(-c3ccccc3)ccc(S(C)(=O)=O)c2N2CCN(c3ncc(C(F)(F)F)cc3Cl)CC2)c1N1CCN(c2ncc(C(F)(F)F)cc2Cl)CC1. The first-order valence-electron chi connectivity index (χ1n) is 20.9. The molecule has 2 aliphatic rings. The number of hydrogen-bond acceptors (Lipinski definition) is 11. The third kappa shape index (κ3) is 9.84. The second kappa shape index (κ2) is 18.5. The second-order valence-corrected chi connectivity index (χ2v) is 21.1. The molecule has 0 amide bonds. The first-order chi connectivity index (χ1) is 32.0. The predicted octanol–water partition coefficient (Wildman–Crippen LogP) is 9.85. The summed E-state index contributed by atoms with van der Waals surface area (Å²) in [5.74, 6) is -0.542. The Kier molecular flexibility index (Phi) is 13.2. The molecule has 68 heavy (non-hydrogen) atoms. The van der Waals surface area contributed by atoms with Crippen LogP contribution >= 0.6 is 23.2 Å². The second-order valence-electron chi connectivity index (χ2n) is 16.3. The maximum absolute atomic E-state index is 16.3. The van der Waals surface area contributed by atoms with E-state index in [1.807, 2.05) is 0 Å². The molecule has 0 spiro atoms. The Bertz CT molecular complexity index is 2920. The topological polar surface area (TPSA) is 124 Å². The van der Waals surface area contributed by atoms with Gasteiger partial charge in [0.25, 0.3) is 0 Å². The molecule has 0 saturated carbocycles. The highest BCUT2D eigenvalue weighted by Gasteiger charge is 2.38. The van der Waals surface area contributed by atoms with Gasteiger partial charge in [-0.05, 0) is 46.5 Å². The van der Waals surface area contributed by atoms with Crippen molar-refractivity contribution < 1.29 is 48.0 Å². The summed E-state index contributed by atoms with van der Waals surface area (Å²) in [4.78, 5) is 30.7. The zero-order valence-corrected chi connectivity index (χ0v) is 39.3. The summed E-state index contributed by atoms with van der Waals surface area (Å²) in [6.45, 7) is 0.560. The van der Waals surface area contributed by atoms with Crippen molar-refractivity contribution in [1.82, 2.24) is 9.97 Å². The van der Waals surface area contributed by atoms with Crippen LogP contribution in [0.1, 0.15) is 27.0 Å². The summed E-state index contributed by atoms with van der Waals surface area (Å²) in [6.07, 6.45) is -5.98. The molecule has 2 fully saturated rings. The zero-order valence-electron chi connectivity index (χ0n) is 36.1. The molecular weight excluding hydrogens is 978 g/mol. The first-order valence-corrected chi connectivity index (χ1v) is 25.4. The summed E-state index contributed by atoms with van der Waals surface area (Å²) in [7, 11) is -8.24. The number of alkyl halides is 6. The van der Waals surface area contributed by atoms with Gasteiger partial charge < -0.3 is 19.6 Å². The molecule has 2 aromatic heterocycles. The van der Waals surface area contributed by atoms with Gasteiger partial charge in [0, 0.05) is 77.3 Å². The van der Waals surface area contributed by atoms with Crippen molar-refractivity contribution in [2.24, 2.45) is 0 Å². The minimum atomic E-state index is -4.68. The van der Waals surface area contributed by atoms with E-state index in [1.54, 1.807) is 80.3 Å². The van der Waals surface area contributed by atoms with Gasteiger partial charge in [0.1, 0.15) is 11.6 Å². The smallest absolute Gasteiger partial charge is 0.366 e. The van der Waals surface area contributed by atoms with E-state index in [1.165, 1.54) is 24.3 Å². The van der Waals surface area contributed by atoms with Gasteiger partial charge in [0.2, 0.25) is 0 Å².